The first kappa shape index (κ1) is 17.4. The third kappa shape index (κ3) is 3.48. The van der Waals surface area contributed by atoms with Crippen molar-refractivity contribution in [1.29, 1.82) is 0 Å². The zero-order valence-electron chi connectivity index (χ0n) is 14.0. The molecule has 0 saturated heterocycles. The molecular formula is C17H14NO8P. The number of rotatable bonds is 5. The predicted octanol–water partition coefficient (Wildman–Crippen LogP) is 3.22. The van der Waals surface area contributed by atoms with Crippen LogP contribution in [0.5, 0.6) is 23.0 Å². The van der Waals surface area contributed by atoms with Crippen LogP contribution in [-0.2, 0) is 4.57 Å². The van der Waals surface area contributed by atoms with Crippen molar-refractivity contribution in [3.05, 3.63) is 42.6 Å². The minimum atomic E-state index is -4.61. The van der Waals surface area contributed by atoms with E-state index < -0.39 is 7.82 Å². The van der Waals surface area contributed by atoms with E-state index in [1.165, 1.54) is 19.2 Å². The van der Waals surface area contributed by atoms with E-state index in [1.54, 1.807) is 30.5 Å². The third-order valence-corrected chi connectivity index (χ3v) is 4.33. The number of hydrogen-bond acceptors (Lipinski definition) is 7. The lowest BCUT2D eigenvalue weighted by Gasteiger charge is -2.09. The first-order valence-electron chi connectivity index (χ1n) is 7.73. The Bertz CT molecular complexity index is 1020. The van der Waals surface area contributed by atoms with Crippen LogP contribution in [-0.4, -0.2) is 28.8 Å². The van der Waals surface area contributed by atoms with Gasteiger partial charge in [0, 0.05) is 11.1 Å². The van der Waals surface area contributed by atoms with E-state index in [0.29, 0.717) is 34.1 Å². The Morgan fingerprint density at radius 1 is 1.11 bits per heavy atom. The van der Waals surface area contributed by atoms with Crippen molar-refractivity contribution in [3.63, 3.8) is 0 Å². The van der Waals surface area contributed by atoms with E-state index in [2.05, 4.69) is 9.68 Å². The van der Waals surface area contributed by atoms with Crippen LogP contribution in [0.25, 0.3) is 22.5 Å². The molecule has 2 N–H and O–H groups in total. The van der Waals surface area contributed by atoms with E-state index in [-0.39, 0.29) is 12.5 Å². The summed E-state index contributed by atoms with van der Waals surface area (Å²) >= 11 is 0. The number of ether oxygens (including phenoxy) is 3. The summed E-state index contributed by atoms with van der Waals surface area (Å²) in [4.78, 5) is 17.7. The highest BCUT2D eigenvalue weighted by atomic mass is 31.2. The van der Waals surface area contributed by atoms with Gasteiger partial charge in [0.05, 0.1) is 13.3 Å². The lowest BCUT2D eigenvalue weighted by atomic mass is 10.0. The fourth-order valence-electron chi connectivity index (χ4n) is 2.75. The predicted molar refractivity (Wildman–Crippen MR) is 92.7 cm³/mol. The lowest BCUT2D eigenvalue weighted by Crippen LogP contribution is -1.93. The second kappa shape index (κ2) is 6.62. The number of fused-ring (bicyclic) bond motifs is 1. The number of aromatic nitrogens is 1. The van der Waals surface area contributed by atoms with Crippen molar-refractivity contribution < 1.29 is 37.6 Å². The van der Waals surface area contributed by atoms with Gasteiger partial charge in [0.25, 0.3) is 0 Å². The monoisotopic (exact) mass is 391 g/mol. The second-order valence-electron chi connectivity index (χ2n) is 5.59. The van der Waals surface area contributed by atoms with Gasteiger partial charge in [-0.3, -0.25) is 9.79 Å². The average Bonchev–Trinajstić information content (AvgIpc) is 3.29. The Morgan fingerprint density at radius 3 is 2.59 bits per heavy atom. The van der Waals surface area contributed by atoms with Crippen molar-refractivity contribution in [2.24, 2.45) is 0 Å². The Balaban J connectivity index is 1.71. The topological polar surface area (TPSA) is 120 Å². The van der Waals surface area contributed by atoms with Gasteiger partial charge in [0.2, 0.25) is 12.5 Å². The van der Waals surface area contributed by atoms with Crippen molar-refractivity contribution in [2.45, 2.75) is 0 Å². The van der Waals surface area contributed by atoms with Gasteiger partial charge in [0.15, 0.2) is 17.3 Å². The van der Waals surface area contributed by atoms with Crippen molar-refractivity contribution >= 4 is 7.82 Å². The summed E-state index contributed by atoms with van der Waals surface area (Å²) in [6.07, 6.45) is 1.55. The highest BCUT2D eigenvalue weighted by molar-refractivity contribution is 7.46. The Hall–Kier alpha value is -3.00. The summed E-state index contributed by atoms with van der Waals surface area (Å²) < 4.78 is 37.1. The molecule has 3 aromatic rings. The van der Waals surface area contributed by atoms with Crippen molar-refractivity contribution in [3.8, 4) is 45.4 Å². The largest absolute Gasteiger partial charge is 0.524 e. The summed E-state index contributed by atoms with van der Waals surface area (Å²) in [5.74, 6) is 2.11. The Morgan fingerprint density at radius 2 is 1.89 bits per heavy atom. The summed E-state index contributed by atoms with van der Waals surface area (Å²) in [5.41, 5.74) is 2.08. The molecule has 4 rings (SSSR count). The number of phosphoric ester groups is 1. The van der Waals surface area contributed by atoms with Crippen molar-refractivity contribution in [1.82, 2.24) is 5.16 Å². The number of methoxy groups -OCH3 is 1. The second-order valence-corrected chi connectivity index (χ2v) is 6.75. The van der Waals surface area contributed by atoms with Crippen LogP contribution >= 0.6 is 7.82 Å². The van der Waals surface area contributed by atoms with Gasteiger partial charge in [-0.05, 0) is 29.8 Å². The van der Waals surface area contributed by atoms with Crippen LogP contribution in [0.3, 0.4) is 0 Å². The fourth-order valence-corrected chi connectivity index (χ4v) is 3.14. The zero-order chi connectivity index (χ0) is 19.0. The standard InChI is InChI=1S/C17H14NO8P/c1-22-14-6-11(7-15-17(14)24-9-23-15)16-13(8-18-25-16)10-2-4-12(5-3-10)26-27(19,20)21/h2-8H,9H2,1H3,(H2,19,20,21). The van der Waals surface area contributed by atoms with Gasteiger partial charge in [-0.15, -0.1) is 0 Å². The molecule has 0 saturated carbocycles. The van der Waals surface area contributed by atoms with Gasteiger partial charge in [0.1, 0.15) is 5.75 Å². The molecule has 0 fully saturated rings. The normalized spacial score (nSPS) is 12.9. The third-order valence-electron chi connectivity index (χ3n) is 3.88. The minimum absolute atomic E-state index is 0.0508. The van der Waals surface area contributed by atoms with Crippen LogP contribution < -0.4 is 18.7 Å². The number of nitrogens with zero attached hydrogens (tertiary/aromatic N) is 1. The van der Waals surface area contributed by atoms with Crippen LogP contribution in [0.2, 0.25) is 0 Å². The Kier molecular flexibility index (Phi) is 4.27. The molecule has 27 heavy (non-hydrogen) atoms. The molecule has 0 amide bonds. The molecular weight excluding hydrogens is 377 g/mol. The lowest BCUT2D eigenvalue weighted by molar-refractivity contribution is 0.171. The number of phosphoric acid groups is 1. The molecule has 0 atom stereocenters. The molecule has 10 heteroatoms. The summed E-state index contributed by atoms with van der Waals surface area (Å²) in [6.45, 7) is 0.111. The summed E-state index contributed by atoms with van der Waals surface area (Å²) in [5, 5.41) is 3.86. The molecule has 0 unspecified atom stereocenters. The SMILES string of the molecule is COc1cc(-c2oncc2-c2ccc(OP(=O)(O)O)cc2)cc2c1OCO2. The molecule has 140 valence electrons. The first-order valence-corrected chi connectivity index (χ1v) is 9.26. The van der Waals surface area contributed by atoms with E-state index in [0.717, 1.165) is 5.56 Å². The molecule has 9 nitrogen and oxygen atoms in total. The van der Waals surface area contributed by atoms with E-state index in [4.69, 9.17) is 28.5 Å². The fraction of sp³-hybridized carbons (Fsp3) is 0.118. The quantitative estimate of drug-likeness (QED) is 0.632. The molecule has 1 aromatic heterocycles. The molecule has 1 aliphatic rings. The van der Waals surface area contributed by atoms with E-state index >= 15 is 0 Å². The van der Waals surface area contributed by atoms with Crippen molar-refractivity contribution in [2.75, 3.05) is 13.9 Å². The maximum absolute atomic E-state index is 10.9. The Labute approximate surface area is 153 Å². The first-order chi connectivity index (χ1) is 12.9. The molecule has 2 aromatic carbocycles. The minimum Gasteiger partial charge on any atom is -0.493 e. The van der Waals surface area contributed by atoms with Gasteiger partial charge in [-0.25, -0.2) is 4.57 Å². The average molecular weight is 391 g/mol. The van der Waals surface area contributed by atoms with Crippen LogP contribution in [0.1, 0.15) is 0 Å². The zero-order valence-corrected chi connectivity index (χ0v) is 14.9. The van der Waals surface area contributed by atoms with E-state index in [9.17, 15) is 4.57 Å². The highest BCUT2D eigenvalue weighted by Crippen LogP contribution is 2.46. The van der Waals surface area contributed by atoms with Gasteiger partial charge in [-0.2, -0.15) is 0 Å². The van der Waals surface area contributed by atoms with E-state index in [1.807, 2.05) is 0 Å². The number of hydrogen-bond donors (Lipinski definition) is 2. The highest BCUT2D eigenvalue weighted by Gasteiger charge is 2.23. The molecule has 0 spiro atoms. The van der Waals surface area contributed by atoms with Gasteiger partial charge in [-0.1, -0.05) is 17.3 Å². The summed E-state index contributed by atoms with van der Waals surface area (Å²) in [7, 11) is -3.08. The molecule has 0 bridgehead atoms. The molecule has 0 radical (unpaired) electrons. The maximum atomic E-state index is 10.9. The number of benzene rings is 2. The summed E-state index contributed by atoms with van der Waals surface area (Å²) in [6, 6.07) is 9.70. The maximum Gasteiger partial charge on any atom is 0.524 e. The van der Waals surface area contributed by atoms with Gasteiger partial charge >= 0.3 is 7.82 Å². The molecule has 0 aliphatic carbocycles. The van der Waals surface area contributed by atoms with Crippen LogP contribution in [0.4, 0.5) is 0 Å². The van der Waals surface area contributed by atoms with Crippen LogP contribution in [0.15, 0.2) is 47.1 Å². The smallest absolute Gasteiger partial charge is 0.493 e. The van der Waals surface area contributed by atoms with Crippen LogP contribution in [0, 0.1) is 0 Å². The molecule has 2 heterocycles. The molecule has 1 aliphatic heterocycles. The van der Waals surface area contributed by atoms with Gasteiger partial charge < -0.3 is 23.3 Å².